The van der Waals surface area contributed by atoms with Crippen LogP contribution in [0, 0.1) is 17.2 Å². The van der Waals surface area contributed by atoms with Crippen LogP contribution >= 0.6 is 0 Å². The van der Waals surface area contributed by atoms with Crippen LogP contribution in [-0.4, -0.2) is 17.1 Å². The van der Waals surface area contributed by atoms with Gasteiger partial charge in [0.25, 0.3) is 0 Å². The molecule has 0 aromatic heterocycles. The second-order valence-electron chi connectivity index (χ2n) is 7.53. The van der Waals surface area contributed by atoms with Crippen molar-refractivity contribution in [1.82, 2.24) is 0 Å². The molecular formula is C26H24N4O4. The Bertz CT molecular complexity index is 1210. The largest absolute Gasteiger partial charge is 0.508 e. The molecule has 0 unspecified atom stereocenters. The molecule has 2 amide bonds. The average molecular weight is 457 g/mol. The summed E-state index contributed by atoms with van der Waals surface area (Å²) in [6.45, 7) is 1.80. The second-order valence-corrected chi connectivity index (χ2v) is 7.53. The first-order chi connectivity index (χ1) is 16.4. The van der Waals surface area contributed by atoms with Crippen molar-refractivity contribution >= 4 is 29.1 Å². The number of anilines is 3. The van der Waals surface area contributed by atoms with Crippen LogP contribution in [0.1, 0.15) is 24.2 Å². The number of nitrogen functional groups attached to an aromatic ring is 1. The molecule has 0 bridgehead atoms. The van der Waals surface area contributed by atoms with Gasteiger partial charge in [-0.2, -0.15) is 5.26 Å². The molecule has 0 aliphatic heterocycles. The number of aromatic hydroxyl groups is 1. The van der Waals surface area contributed by atoms with Gasteiger partial charge in [0.1, 0.15) is 11.9 Å². The lowest BCUT2D eigenvalue weighted by Gasteiger charge is -2.23. The molecule has 34 heavy (non-hydrogen) atoms. The number of nitrogens with one attached hydrogen (secondary N) is 2. The Hall–Kier alpha value is -4.77. The van der Waals surface area contributed by atoms with Crippen LogP contribution in [0.5, 0.6) is 5.75 Å². The van der Waals surface area contributed by atoms with Gasteiger partial charge in [-0.3, -0.25) is 10.1 Å². The number of carbonyl (C=O) groups excluding carboxylic acids is 2. The van der Waals surface area contributed by atoms with E-state index in [4.69, 9.17) is 15.7 Å². The van der Waals surface area contributed by atoms with E-state index in [1.54, 1.807) is 73.7 Å². The van der Waals surface area contributed by atoms with Crippen LogP contribution in [0.15, 0.2) is 84.9 Å². The maximum Gasteiger partial charge on any atom is 0.412 e. The molecule has 8 heteroatoms. The van der Waals surface area contributed by atoms with Gasteiger partial charge in [-0.05, 0) is 60.2 Å². The van der Waals surface area contributed by atoms with Gasteiger partial charge in [0.15, 0.2) is 0 Å². The van der Waals surface area contributed by atoms with Crippen molar-refractivity contribution in [2.75, 3.05) is 16.4 Å². The van der Waals surface area contributed by atoms with Crippen LogP contribution < -0.4 is 16.4 Å². The number of nitrogens with two attached hydrogens (primary N) is 1. The van der Waals surface area contributed by atoms with Crippen molar-refractivity contribution < 1.29 is 19.4 Å². The molecule has 0 fully saturated rings. The zero-order valence-corrected chi connectivity index (χ0v) is 18.4. The molecule has 3 aromatic rings. The lowest BCUT2D eigenvalue weighted by atomic mass is 9.96. The highest BCUT2D eigenvalue weighted by Crippen LogP contribution is 2.29. The van der Waals surface area contributed by atoms with E-state index >= 15 is 0 Å². The molecular weight excluding hydrogens is 432 g/mol. The Balaban J connectivity index is 1.72. The number of ether oxygens (including phenoxy) is 1. The highest BCUT2D eigenvalue weighted by molar-refractivity contribution is 6.01. The van der Waals surface area contributed by atoms with Gasteiger partial charge in [0.05, 0.1) is 23.0 Å². The van der Waals surface area contributed by atoms with E-state index in [1.807, 2.05) is 6.07 Å². The molecule has 3 rings (SSSR count). The van der Waals surface area contributed by atoms with E-state index in [-0.39, 0.29) is 11.7 Å². The lowest BCUT2D eigenvalue weighted by molar-refractivity contribution is -0.111. The van der Waals surface area contributed by atoms with Crippen molar-refractivity contribution in [1.29, 1.82) is 5.26 Å². The predicted molar refractivity (Wildman–Crippen MR) is 130 cm³/mol. The lowest BCUT2D eigenvalue weighted by Crippen LogP contribution is -2.21. The molecule has 0 aliphatic carbocycles. The summed E-state index contributed by atoms with van der Waals surface area (Å²) < 4.78 is 5.67. The number of nitriles is 1. The van der Waals surface area contributed by atoms with Crippen LogP contribution in [-0.2, 0) is 9.53 Å². The van der Waals surface area contributed by atoms with E-state index in [2.05, 4.69) is 10.6 Å². The zero-order chi connectivity index (χ0) is 24.5. The number of amides is 2. The molecule has 0 aliphatic rings. The minimum absolute atomic E-state index is 0.0764. The van der Waals surface area contributed by atoms with E-state index < -0.39 is 18.1 Å². The Kier molecular flexibility index (Phi) is 7.87. The summed E-state index contributed by atoms with van der Waals surface area (Å²) >= 11 is 0. The van der Waals surface area contributed by atoms with Crippen molar-refractivity contribution in [3.8, 4) is 11.8 Å². The van der Waals surface area contributed by atoms with Crippen molar-refractivity contribution in [2.45, 2.75) is 13.0 Å². The second kappa shape index (κ2) is 11.2. The first-order valence-electron chi connectivity index (χ1n) is 10.5. The molecule has 0 radical (unpaired) electrons. The SMILES string of the molecule is C[C@H](/C=C/C(=O)Nc1ccccc1N)[C@@H](OC(=O)Nc1ccc(C#N)cc1)c1ccc(O)cc1. The number of phenolic OH excluding ortho intramolecular Hbond substituents is 1. The van der Waals surface area contributed by atoms with Crippen LogP contribution in [0.2, 0.25) is 0 Å². The summed E-state index contributed by atoms with van der Waals surface area (Å²) in [6.07, 6.45) is 1.53. The quantitative estimate of drug-likeness (QED) is 0.293. The third-order valence-corrected chi connectivity index (χ3v) is 4.96. The number of benzene rings is 3. The molecule has 0 heterocycles. The first-order valence-corrected chi connectivity index (χ1v) is 10.5. The van der Waals surface area contributed by atoms with Gasteiger partial charge in [0, 0.05) is 11.6 Å². The number of hydrogen-bond acceptors (Lipinski definition) is 6. The molecule has 2 atom stereocenters. The number of para-hydroxylation sites is 2. The molecule has 0 spiro atoms. The molecule has 172 valence electrons. The van der Waals surface area contributed by atoms with Gasteiger partial charge in [-0.25, -0.2) is 4.79 Å². The monoisotopic (exact) mass is 456 g/mol. The fourth-order valence-electron chi connectivity index (χ4n) is 3.16. The van der Waals surface area contributed by atoms with Gasteiger partial charge < -0.3 is 20.9 Å². The Morgan fingerprint density at radius 1 is 1.03 bits per heavy atom. The van der Waals surface area contributed by atoms with E-state index in [9.17, 15) is 14.7 Å². The maximum atomic E-state index is 12.6. The van der Waals surface area contributed by atoms with Gasteiger partial charge in [-0.15, -0.1) is 0 Å². The van der Waals surface area contributed by atoms with E-state index in [0.29, 0.717) is 28.2 Å². The van der Waals surface area contributed by atoms with Crippen molar-refractivity contribution in [3.63, 3.8) is 0 Å². The minimum Gasteiger partial charge on any atom is -0.508 e. The number of rotatable bonds is 7. The average Bonchev–Trinajstić information content (AvgIpc) is 2.83. The fourth-order valence-corrected chi connectivity index (χ4v) is 3.16. The summed E-state index contributed by atoms with van der Waals surface area (Å²) in [5, 5.41) is 23.8. The number of phenols is 1. The van der Waals surface area contributed by atoms with E-state index in [1.165, 1.54) is 18.2 Å². The fraction of sp³-hybridized carbons (Fsp3) is 0.115. The smallest absolute Gasteiger partial charge is 0.412 e. The third kappa shape index (κ3) is 6.61. The highest BCUT2D eigenvalue weighted by Gasteiger charge is 2.22. The topological polar surface area (TPSA) is 137 Å². The summed E-state index contributed by atoms with van der Waals surface area (Å²) in [6, 6.07) is 21.5. The minimum atomic E-state index is -0.746. The van der Waals surface area contributed by atoms with Gasteiger partial charge in [0.2, 0.25) is 5.91 Å². The van der Waals surface area contributed by atoms with E-state index in [0.717, 1.165) is 0 Å². The van der Waals surface area contributed by atoms with Crippen molar-refractivity contribution in [3.05, 3.63) is 96.1 Å². The summed E-state index contributed by atoms with van der Waals surface area (Å²) in [7, 11) is 0. The Morgan fingerprint density at radius 2 is 1.71 bits per heavy atom. The standard InChI is InChI=1S/C26H24N4O4/c1-17(6-15-24(32)30-23-5-3-2-4-22(23)28)25(19-9-13-21(31)14-10-19)34-26(33)29-20-11-7-18(16-27)8-12-20/h2-15,17,25,31H,28H2,1H3,(H,29,33)(H,30,32)/b15-6+/t17-,25-/m1/s1. The Labute approximate surface area is 197 Å². The molecule has 8 nitrogen and oxygen atoms in total. The van der Waals surface area contributed by atoms with Crippen LogP contribution in [0.3, 0.4) is 0 Å². The normalized spacial score (nSPS) is 12.4. The molecule has 0 saturated carbocycles. The van der Waals surface area contributed by atoms with Crippen LogP contribution in [0.4, 0.5) is 21.9 Å². The number of nitrogens with zero attached hydrogens (tertiary/aromatic N) is 1. The zero-order valence-electron chi connectivity index (χ0n) is 18.4. The van der Waals surface area contributed by atoms with Gasteiger partial charge >= 0.3 is 6.09 Å². The summed E-state index contributed by atoms with van der Waals surface area (Å²) in [4.78, 5) is 24.9. The molecule has 3 aromatic carbocycles. The summed E-state index contributed by atoms with van der Waals surface area (Å²) in [5.41, 5.74) is 8.37. The third-order valence-electron chi connectivity index (χ3n) is 4.96. The van der Waals surface area contributed by atoms with Crippen molar-refractivity contribution in [2.24, 2.45) is 5.92 Å². The maximum absolute atomic E-state index is 12.6. The van der Waals surface area contributed by atoms with Gasteiger partial charge in [-0.1, -0.05) is 37.3 Å². The highest BCUT2D eigenvalue weighted by atomic mass is 16.6. The first kappa shape index (κ1) is 23.9. The molecule has 0 saturated heterocycles. The molecule has 5 N–H and O–H groups in total. The Morgan fingerprint density at radius 3 is 2.35 bits per heavy atom. The number of hydrogen-bond donors (Lipinski definition) is 4. The van der Waals surface area contributed by atoms with Crippen LogP contribution in [0.25, 0.3) is 0 Å². The summed E-state index contributed by atoms with van der Waals surface area (Å²) in [5.74, 6) is -0.695. The number of carbonyl (C=O) groups is 2. The predicted octanol–water partition coefficient (Wildman–Crippen LogP) is 4.97.